The normalized spacial score (nSPS) is 15.9. The van der Waals surface area contributed by atoms with Crippen LogP contribution >= 0.6 is 0 Å². The average molecular weight is 418 g/mol. The van der Waals surface area contributed by atoms with Crippen LogP contribution in [0.25, 0.3) is 0 Å². The first-order chi connectivity index (χ1) is 15.1. The summed E-state index contributed by atoms with van der Waals surface area (Å²) in [6.07, 6.45) is 4.40. The van der Waals surface area contributed by atoms with Gasteiger partial charge in [-0.15, -0.1) is 0 Å². The summed E-state index contributed by atoms with van der Waals surface area (Å²) < 4.78 is 10.3. The third-order valence-electron chi connectivity index (χ3n) is 6.30. The Morgan fingerprint density at radius 3 is 2.71 bits per heavy atom. The number of amides is 1. The molecule has 0 N–H and O–H groups in total. The molecule has 2 aromatic carbocycles. The molecule has 0 atom stereocenters. The SMILES string of the molecule is COc1cc(CC(=O)N2CCC(CCc3ccc4c(c3)COC4=O)CC2)ccc1C#N. The van der Waals surface area contributed by atoms with Gasteiger partial charge in [-0.25, -0.2) is 4.79 Å². The van der Waals surface area contributed by atoms with E-state index in [0.717, 1.165) is 49.9 Å². The summed E-state index contributed by atoms with van der Waals surface area (Å²) in [6, 6.07) is 13.4. The summed E-state index contributed by atoms with van der Waals surface area (Å²) in [7, 11) is 1.53. The molecule has 2 heterocycles. The van der Waals surface area contributed by atoms with Gasteiger partial charge in [0.1, 0.15) is 18.4 Å². The van der Waals surface area contributed by atoms with Gasteiger partial charge in [-0.2, -0.15) is 5.26 Å². The molecule has 0 spiro atoms. The lowest BCUT2D eigenvalue weighted by Crippen LogP contribution is -2.39. The number of rotatable bonds is 6. The second kappa shape index (κ2) is 9.22. The largest absolute Gasteiger partial charge is 0.495 e. The van der Waals surface area contributed by atoms with E-state index in [1.807, 2.05) is 23.1 Å². The van der Waals surface area contributed by atoms with Gasteiger partial charge in [0.2, 0.25) is 5.91 Å². The molecule has 0 unspecified atom stereocenters. The fourth-order valence-corrected chi connectivity index (χ4v) is 4.41. The first-order valence-electron chi connectivity index (χ1n) is 10.7. The predicted octanol–water partition coefficient (Wildman–Crippen LogP) is 3.65. The van der Waals surface area contributed by atoms with E-state index >= 15 is 0 Å². The summed E-state index contributed by atoms with van der Waals surface area (Å²) in [6.45, 7) is 1.94. The number of cyclic esters (lactones) is 1. The zero-order valence-corrected chi connectivity index (χ0v) is 17.7. The number of hydrogen-bond acceptors (Lipinski definition) is 5. The van der Waals surface area contributed by atoms with Crippen molar-refractivity contribution in [3.63, 3.8) is 0 Å². The van der Waals surface area contributed by atoms with E-state index in [1.165, 1.54) is 12.7 Å². The number of ether oxygens (including phenoxy) is 2. The van der Waals surface area contributed by atoms with Crippen molar-refractivity contribution in [3.8, 4) is 11.8 Å². The van der Waals surface area contributed by atoms with Gasteiger partial charge in [0, 0.05) is 18.7 Å². The molecule has 0 bridgehead atoms. The van der Waals surface area contributed by atoms with Crippen LogP contribution in [0, 0.1) is 17.2 Å². The lowest BCUT2D eigenvalue weighted by molar-refractivity contribution is -0.131. The number of aryl methyl sites for hydroxylation is 1. The standard InChI is InChI=1S/C25H26N2O4/c1-30-23-13-19(4-6-20(23)15-26)14-24(28)27-10-8-17(9-11-27)2-3-18-5-7-22-21(12-18)16-31-25(22)29/h4-7,12-13,17H,2-3,8-11,14,16H2,1H3. The van der Waals surface area contributed by atoms with Crippen molar-refractivity contribution >= 4 is 11.9 Å². The molecule has 160 valence electrons. The van der Waals surface area contributed by atoms with E-state index in [9.17, 15) is 9.59 Å². The molecule has 31 heavy (non-hydrogen) atoms. The molecule has 1 amide bonds. The van der Waals surface area contributed by atoms with Crippen molar-refractivity contribution in [2.45, 2.75) is 38.7 Å². The van der Waals surface area contributed by atoms with Crippen molar-refractivity contribution < 1.29 is 19.1 Å². The lowest BCUT2D eigenvalue weighted by atomic mass is 9.90. The third-order valence-corrected chi connectivity index (χ3v) is 6.30. The molecule has 0 aliphatic carbocycles. The topological polar surface area (TPSA) is 79.6 Å². The Kier molecular flexibility index (Phi) is 6.22. The minimum absolute atomic E-state index is 0.119. The van der Waals surface area contributed by atoms with Gasteiger partial charge in [-0.05, 0) is 60.9 Å². The summed E-state index contributed by atoms with van der Waals surface area (Å²) in [5.41, 5.74) is 4.26. The number of benzene rings is 2. The first kappa shape index (κ1) is 20.9. The summed E-state index contributed by atoms with van der Waals surface area (Å²) in [5.74, 6) is 1.01. The molecule has 1 fully saturated rings. The van der Waals surface area contributed by atoms with Gasteiger partial charge in [-0.3, -0.25) is 4.79 Å². The molecule has 2 aliphatic heterocycles. The Morgan fingerprint density at radius 1 is 1.19 bits per heavy atom. The van der Waals surface area contributed by atoms with E-state index in [4.69, 9.17) is 14.7 Å². The molecular formula is C25H26N2O4. The number of hydrogen-bond donors (Lipinski definition) is 0. The maximum Gasteiger partial charge on any atom is 0.338 e. The predicted molar refractivity (Wildman–Crippen MR) is 115 cm³/mol. The number of methoxy groups -OCH3 is 1. The Labute approximate surface area is 182 Å². The minimum atomic E-state index is -0.224. The first-order valence-corrected chi connectivity index (χ1v) is 10.7. The quantitative estimate of drug-likeness (QED) is 0.669. The maximum absolute atomic E-state index is 12.7. The zero-order chi connectivity index (χ0) is 21.8. The molecule has 6 heteroatoms. The van der Waals surface area contributed by atoms with Gasteiger partial charge in [0.05, 0.1) is 24.7 Å². The number of fused-ring (bicyclic) bond motifs is 1. The van der Waals surface area contributed by atoms with Crippen molar-refractivity contribution in [2.75, 3.05) is 20.2 Å². The third kappa shape index (κ3) is 4.72. The monoisotopic (exact) mass is 418 g/mol. The van der Waals surface area contributed by atoms with Crippen LogP contribution in [0.1, 0.15) is 51.9 Å². The molecule has 2 aliphatic rings. The molecule has 0 radical (unpaired) electrons. The van der Waals surface area contributed by atoms with E-state index in [1.54, 1.807) is 12.1 Å². The smallest absolute Gasteiger partial charge is 0.338 e. The fourth-order valence-electron chi connectivity index (χ4n) is 4.41. The Hall–Kier alpha value is -3.33. The highest BCUT2D eigenvalue weighted by Gasteiger charge is 2.24. The van der Waals surface area contributed by atoms with E-state index in [2.05, 4.69) is 12.1 Å². The van der Waals surface area contributed by atoms with Crippen LogP contribution in [0.2, 0.25) is 0 Å². The maximum atomic E-state index is 12.7. The van der Waals surface area contributed by atoms with Gasteiger partial charge >= 0.3 is 5.97 Å². The zero-order valence-electron chi connectivity index (χ0n) is 17.7. The van der Waals surface area contributed by atoms with Crippen LogP contribution in [0.5, 0.6) is 5.75 Å². The van der Waals surface area contributed by atoms with Crippen LogP contribution in [-0.4, -0.2) is 37.0 Å². The number of piperidine rings is 1. The fraction of sp³-hybridized carbons (Fsp3) is 0.400. The molecule has 0 aromatic heterocycles. The Morgan fingerprint density at radius 2 is 1.97 bits per heavy atom. The van der Waals surface area contributed by atoms with Crippen LogP contribution in [-0.2, 0) is 29.0 Å². The molecule has 1 saturated heterocycles. The molecule has 2 aromatic rings. The summed E-state index contributed by atoms with van der Waals surface area (Å²) in [5, 5.41) is 9.09. The van der Waals surface area contributed by atoms with E-state index in [-0.39, 0.29) is 11.9 Å². The highest BCUT2D eigenvalue weighted by molar-refractivity contribution is 5.93. The van der Waals surface area contributed by atoms with Gasteiger partial charge in [0.25, 0.3) is 0 Å². The second-order valence-corrected chi connectivity index (χ2v) is 8.25. The van der Waals surface area contributed by atoms with Crippen molar-refractivity contribution in [2.24, 2.45) is 5.92 Å². The van der Waals surface area contributed by atoms with Crippen LogP contribution in [0.3, 0.4) is 0 Å². The number of likely N-dealkylation sites (tertiary alicyclic amines) is 1. The van der Waals surface area contributed by atoms with Crippen molar-refractivity contribution in [1.82, 2.24) is 4.90 Å². The highest BCUT2D eigenvalue weighted by atomic mass is 16.5. The number of carbonyl (C=O) groups is 2. The number of nitrogens with zero attached hydrogens (tertiary/aromatic N) is 2. The Balaban J connectivity index is 1.25. The van der Waals surface area contributed by atoms with Gasteiger partial charge in [-0.1, -0.05) is 18.2 Å². The number of nitriles is 1. The van der Waals surface area contributed by atoms with E-state index < -0.39 is 0 Å². The van der Waals surface area contributed by atoms with Crippen molar-refractivity contribution in [1.29, 1.82) is 5.26 Å². The average Bonchev–Trinajstić information content (AvgIpc) is 3.18. The van der Waals surface area contributed by atoms with Gasteiger partial charge < -0.3 is 14.4 Å². The summed E-state index contributed by atoms with van der Waals surface area (Å²) in [4.78, 5) is 26.2. The second-order valence-electron chi connectivity index (χ2n) is 8.25. The number of carbonyl (C=O) groups excluding carboxylic acids is 2. The molecule has 6 nitrogen and oxygen atoms in total. The van der Waals surface area contributed by atoms with Crippen molar-refractivity contribution in [3.05, 3.63) is 64.2 Å². The van der Waals surface area contributed by atoms with Gasteiger partial charge in [0.15, 0.2) is 0 Å². The molecular weight excluding hydrogens is 392 g/mol. The lowest BCUT2D eigenvalue weighted by Gasteiger charge is -2.32. The summed E-state index contributed by atoms with van der Waals surface area (Å²) >= 11 is 0. The van der Waals surface area contributed by atoms with Crippen LogP contribution in [0.4, 0.5) is 0 Å². The van der Waals surface area contributed by atoms with Crippen LogP contribution in [0.15, 0.2) is 36.4 Å². The number of esters is 1. The minimum Gasteiger partial charge on any atom is -0.495 e. The highest BCUT2D eigenvalue weighted by Crippen LogP contribution is 2.26. The molecule has 4 rings (SSSR count). The Bertz CT molecular complexity index is 1030. The molecule has 0 saturated carbocycles. The van der Waals surface area contributed by atoms with E-state index in [0.29, 0.717) is 35.8 Å². The van der Waals surface area contributed by atoms with Crippen LogP contribution < -0.4 is 4.74 Å².